The van der Waals surface area contributed by atoms with Crippen molar-refractivity contribution >= 4 is 16.8 Å². The maximum atomic E-state index is 13.2. The number of amides is 1. The van der Waals surface area contributed by atoms with Crippen LogP contribution in [0.5, 0.6) is 0 Å². The Balaban J connectivity index is 1.79. The number of aromatic nitrogens is 4. The summed E-state index contributed by atoms with van der Waals surface area (Å²) in [4.78, 5) is 32.9. The van der Waals surface area contributed by atoms with Crippen molar-refractivity contribution in [3.63, 3.8) is 0 Å². The van der Waals surface area contributed by atoms with Gasteiger partial charge in [-0.15, -0.1) is 0 Å². The lowest BCUT2D eigenvalue weighted by Crippen LogP contribution is -2.36. The molecule has 1 atom stereocenters. The van der Waals surface area contributed by atoms with Crippen molar-refractivity contribution in [1.29, 1.82) is 0 Å². The highest BCUT2D eigenvalue weighted by atomic mass is 16.5. The van der Waals surface area contributed by atoms with Gasteiger partial charge in [0, 0.05) is 26.4 Å². The van der Waals surface area contributed by atoms with Gasteiger partial charge < -0.3 is 9.64 Å². The summed E-state index contributed by atoms with van der Waals surface area (Å²) in [6, 6.07) is 8.85. The molecule has 1 aliphatic rings. The third-order valence-corrected chi connectivity index (χ3v) is 5.55. The summed E-state index contributed by atoms with van der Waals surface area (Å²) in [5.74, 6) is 0.487. The number of rotatable bonds is 5. The van der Waals surface area contributed by atoms with Crippen molar-refractivity contribution in [2.75, 3.05) is 20.3 Å². The van der Waals surface area contributed by atoms with Crippen LogP contribution in [-0.4, -0.2) is 50.4 Å². The highest BCUT2D eigenvalue weighted by Crippen LogP contribution is 2.32. The molecule has 29 heavy (non-hydrogen) atoms. The van der Waals surface area contributed by atoms with Gasteiger partial charge in [0.05, 0.1) is 30.1 Å². The second-order valence-electron chi connectivity index (χ2n) is 7.39. The SMILES string of the molecule is COCCn1c(C2CCCN2C(=O)c2cc(C)n(C)n2)nc2ccccc2c1=O. The van der Waals surface area contributed by atoms with Crippen LogP contribution in [0.3, 0.4) is 0 Å². The van der Waals surface area contributed by atoms with E-state index in [0.29, 0.717) is 42.1 Å². The highest BCUT2D eigenvalue weighted by Gasteiger charge is 2.35. The summed E-state index contributed by atoms with van der Waals surface area (Å²) in [5, 5.41) is 4.91. The molecule has 8 nitrogen and oxygen atoms in total. The Morgan fingerprint density at radius 1 is 1.31 bits per heavy atom. The van der Waals surface area contributed by atoms with E-state index in [9.17, 15) is 9.59 Å². The Morgan fingerprint density at radius 3 is 2.83 bits per heavy atom. The van der Waals surface area contributed by atoms with E-state index in [1.807, 2.05) is 32.2 Å². The third-order valence-electron chi connectivity index (χ3n) is 5.55. The van der Waals surface area contributed by atoms with Crippen molar-refractivity contribution < 1.29 is 9.53 Å². The third kappa shape index (κ3) is 3.44. The number of hydrogen-bond acceptors (Lipinski definition) is 5. The second kappa shape index (κ2) is 7.79. The number of benzene rings is 1. The molecule has 4 rings (SSSR count). The Hall–Kier alpha value is -3.00. The Kier molecular flexibility index (Phi) is 5.19. The second-order valence-corrected chi connectivity index (χ2v) is 7.39. The fourth-order valence-electron chi connectivity index (χ4n) is 3.93. The molecule has 0 aliphatic carbocycles. The van der Waals surface area contributed by atoms with Gasteiger partial charge in [0.2, 0.25) is 0 Å². The van der Waals surface area contributed by atoms with Crippen molar-refractivity contribution in [2.24, 2.45) is 7.05 Å². The average Bonchev–Trinajstić information content (AvgIpc) is 3.33. The Labute approximate surface area is 168 Å². The number of hydrogen-bond donors (Lipinski definition) is 0. The summed E-state index contributed by atoms with van der Waals surface area (Å²) in [5.41, 5.74) is 1.89. The molecule has 1 saturated heterocycles. The van der Waals surface area contributed by atoms with Crippen LogP contribution < -0.4 is 5.56 Å². The van der Waals surface area contributed by atoms with Crippen molar-refractivity contribution in [3.8, 4) is 0 Å². The monoisotopic (exact) mass is 395 g/mol. The van der Waals surface area contributed by atoms with Gasteiger partial charge in [0.25, 0.3) is 11.5 Å². The van der Waals surface area contributed by atoms with E-state index in [4.69, 9.17) is 9.72 Å². The molecular weight excluding hydrogens is 370 g/mol. The first kappa shape index (κ1) is 19.3. The zero-order valence-electron chi connectivity index (χ0n) is 17.0. The standard InChI is InChI=1S/C21H25N5O3/c1-14-13-17(23-24(14)2)21(28)25-10-6-9-18(25)19-22-16-8-5-4-7-15(16)20(27)26(19)11-12-29-3/h4-5,7-8,13,18H,6,9-12H2,1-3H3. The van der Waals surface area contributed by atoms with Crippen LogP contribution in [0.15, 0.2) is 35.1 Å². The van der Waals surface area contributed by atoms with Crippen LogP contribution in [-0.2, 0) is 18.3 Å². The predicted molar refractivity (Wildman–Crippen MR) is 109 cm³/mol. The van der Waals surface area contributed by atoms with Gasteiger partial charge >= 0.3 is 0 Å². The van der Waals surface area contributed by atoms with Gasteiger partial charge in [-0.1, -0.05) is 12.1 Å². The molecule has 0 bridgehead atoms. The fourth-order valence-corrected chi connectivity index (χ4v) is 3.93. The van der Waals surface area contributed by atoms with Crippen LogP contribution in [0, 0.1) is 6.92 Å². The van der Waals surface area contributed by atoms with E-state index < -0.39 is 0 Å². The summed E-state index contributed by atoms with van der Waals surface area (Å²) in [6.07, 6.45) is 1.62. The largest absolute Gasteiger partial charge is 0.383 e. The Morgan fingerprint density at radius 2 is 2.10 bits per heavy atom. The molecule has 0 radical (unpaired) electrons. The molecule has 0 N–H and O–H groups in total. The van der Waals surface area contributed by atoms with Gasteiger partial charge in [-0.2, -0.15) is 5.10 Å². The minimum atomic E-state index is -0.265. The summed E-state index contributed by atoms with van der Waals surface area (Å²) < 4.78 is 8.56. The number of likely N-dealkylation sites (tertiary alicyclic amines) is 1. The molecule has 3 aromatic rings. The van der Waals surface area contributed by atoms with E-state index in [0.717, 1.165) is 18.5 Å². The molecule has 1 amide bonds. The minimum Gasteiger partial charge on any atom is -0.383 e. The first-order chi connectivity index (χ1) is 14.0. The zero-order valence-corrected chi connectivity index (χ0v) is 17.0. The number of carbonyl (C=O) groups is 1. The van der Waals surface area contributed by atoms with Gasteiger partial charge in [0.1, 0.15) is 5.82 Å². The van der Waals surface area contributed by atoms with E-state index in [1.54, 1.807) is 33.4 Å². The fraction of sp³-hybridized carbons (Fsp3) is 0.429. The lowest BCUT2D eigenvalue weighted by molar-refractivity contribution is 0.0718. The topological polar surface area (TPSA) is 82.2 Å². The number of methoxy groups -OCH3 is 1. The van der Waals surface area contributed by atoms with Gasteiger partial charge in [-0.25, -0.2) is 4.98 Å². The van der Waals surface area contributed by atoms with Crippen LogP contribution in [0.1, 0.15) is 40.9 Å². The summed E-state index contributed by atoms with van der Waals surface area (Å²) >= 11 is 0. The molecule has 1 fully saturated rings. The number of aryl methyl sites for hydroxylation is 2. The van der Waals surface area contributed by atoms with Crippen LogP contribution >= 0.6 is 0 Å². The summed E-state index contributed by atoms with van der Waals surface area (Å²) in [6.45, 7) is 3.32. The number of fused-ring (bicyclic) bond motifs is 1. The van der Waals surface area contributed by atoms with E-state index >= 15 is 0 Å². The molecule has 152 valence electrons. The quantitative estimate of drug-likeness (QED) is 0.660. The normalized spacial score (nSPS) is 16.7. The minimum absolute atomic E-state index is 0.101. The van der Waals surface area contributed by atoms with E-state index in [-0.39, 0.29) is 17.5 Å². The van der Waals surface area contributed by atoms with Crippen molar-refractivity contribution in [2.45, 2.75) is 32.4 Å². The zero-order chi connectivity index (χ0) is 20.5. The number of carbonyl (C=O) groups excluding carboxylic acids is 1. The predicted octanol–water partition coefficient (Wildman–Crippen LogP) is 2.06. The average molecular weight is 395 g/mol. The number of para-hydroxylation sites is 1. The lowest BCUT2D eigenvalue weighted by Gasteiger charge is -2.26. The van der Waals surface area contributed by atoms with Crippen LogP contribution in [0.4, 0.5) is 0 Å². The van der Waals surface area contributed by atoms with Crippen LogP contribution in [0.25, 0.3) is 10.9 Å². The smallest absolute Gasteiger partial charge is 0.274 e. The number of nitrogens with zero attached hydrogens (tertiary/aromatic N) is 5. The first-order valence-electron chi connectivity index (χ1n) is 9.81. The van der Waals surface area contributed by atoms with Crippen LogP contribution in [0.2, 0.25) is 0 Å². The molecule has 1 aromatic carbocycles. The van der Waals surface area contributed by atoms with Gasteiger partial charge in [0.15, 0.2) is 5.69 Å². The number of ether oxygens (including phenoxy) is 1. The molecule has 0 saturated carbocycles. The Bertz CT molecular complexity index is 1100. The molecule has 2 aromatic heterocycles. The van der Waals surface area contributed by atoms with Gasteiger partial charge in [-0.3, -0.25) is 18.8 Å². The molecular formula is C21H25N5O3. The molecule has 1 unspecified atom stereocenters. The summed E-state index contributed by atoms with van der Waals surface area (Å²) in [7, 11) is 3.43. The highest BCUT2D eigenvalue weighted by molar-refractivity contribution is 5.93. The van der Waals surface area contributed by atoms with Crippen molar-refractivity contribution in [3.05, 3.63) is 57.9 Å². The molecule has 1 aliphatic heterocycles. The maximum Gasteiger partial charge on any atom is 0.274 e. The first-order valence-corrected chi connectivity index (χ1v) is 9.81. The molecule has 3 heterocycles. The van der Waals surface area contributed by atoms with E-state index in [1.165, 1.54) is 0 Å². The van der Waals surface area contributed by atoms with E-state index in [2.05, 4.69) is 5.10 Å². The lowest BCUT2D eigenvalue weighted by atomic mass is 10.1. The van der Waals surface area contributed by atoms with Crippen molar-refractivity contribution in [1.82, 2.24) is 24.2 Å². The molecule has 0 spiro atoms. The van der Waals surface area contributed by atoms with Gasteiger partial charge in [-0.05, 0) is 38.0 Å². The maximum absolute atomic E-state index is 13.2. The molecule has 8 heteroatoms.